The lowest BCUT2D eigenvalue weighted by Gasteiger charge is -2.09. The molecular weight excluding hydrogens is 266 g/mol. The number of hydrogen-bond donors (Lipinski definition) is 2. The molecule has 1 amide bonds. The van der Waals surface area contributed by atoms with E-state index >= 15 is 0 Å². The van der Waals surface area contributed by atoms with Crippen molar-refractivity contribution >= 4 is 5.91 Å². The molecule has 0 fully saturated rings. The Hall–Kier alpha value is -0.990. The van der Waals surface area contributed by atoms with Gasteiger partial charge in [-0.1, -0.05) is 0 Å². The first-order valence-electron chi connectivity index (χ1n) is 5.21. The van der Waals surface area contributed by atoms with E-state index in [2.05, 4.69) is 5.32 Å². The first-order valence-corrected chi connectivity index (χ1v) is 5.21. The van der Waals surface area contributed by atoms with Crippen LogP contribution in [-0.2, 0) is 4.79 Å². The molecule has 108 valence electrons. The van der Waals surface area contributed by atoms with E-state index in [0.717, 1.165) is 0 Å². The summed E-state index contributed by atoms with van der Waals surface area (Å²) in [6, 6.07) is 0. The summed E-state index contributed by atoms with van der Waals surface area (Å²) in [7, 11) is 0. The summed E-state index contributed by atoms with van der Waals surface area (Å²) in [4.78, 5) is 10.8. The number of rotatable bonds is 7. The Kier molecular flexibility index (Phi) is 7.04. The summed E-state index contributed by atoms with van der Waals surface area (Å²) in [5.41, 5.74) is 0. The van der Waals surface area contributed by atoms with Gasteiger partial charge in [-0.3, -0.25) is 4.79 Å². The molecule has 3 nitrogen and oxygen atoms in total. The van der Waals surface area contributed by atoms with Crippen LogP contribution >= 0.6 is 0 Å². The molecule has 0 radical (unpaired) electrons. The van der Waals surface area contributed by atoms with Gasteiger partial charge in [-0.2, -0.15) is 26.3 Å². The lowest BCUT2D eigenvalue weighted by Crippen LogP contribution is -2.39. The lowest BCUT2D eigenvalue weighted by atomic mass is 10.2. The second-order valence-electron chi connectivity index (χ2n) is 3.64. The van der Waals surface area contributed by atoms with Gasteiger partial charge >= 0.3 is 12.4 Å². The number of nitrogens with one attached hydrogen (secondary N) is 2. The topological polar surface area (TPSA) is 41.1 Å². The molecule has 0 bridgehead atoms. The number of unbranched alkanes of at least 4 members (excludes halogenated alkanes) is 1. The summed E-state index contributed by atoms with van der Waals surface area (Å²) in [6.45, 7) is -1.61. The van der Waals surface area contributed by atoms with Gasteiger partial charge in [0.25, 0.3) is 0 Å². The van der Waals surface area contributed by atoms with Crippen molar-refractivity contribution in [2.45, 2.75) is 31.6 Å². The molecule has 0 rings (SSSR count). The van der Waals surface area contributed by atoms with Crippen LogP contribution in [0, 0.1) is 0 Å². The van der Waals surface area contributed by atoms with Crippen molar-refractivity contribution in [3.05, 3.63) is 0 Å². The van der Waals surface area contributed by atoms with Gasteiger partial charge in [0.2, 0.25) is 5.91 Å². The van der Waals surface area contributed by atoms with Crippen molar-refractivity contribution in [1.29, 1.82) is 0 Å². The predicted octanol–water partition coefficient (Wildman–Crippen LogP) is 1.99. The zero-order valence-corrected chi connectivity index (χ0v) is 9.42. The Morgan fingerprint density at radius 1 is 0.944 bits per heavy atom. The van der Waals surface area contributed by atoms with Crippen molar-refractivity contribution in [2.75, 3.05) is 19.6 Å². The van der Waals surface area contributed by atoms with Gasteiger partial charge < -0.3 is 10.6 Å². The van der Waals surface area contributed by atoms with E-state index in [4.69, 9.17) is 0 Å². The molecule has 2 N–H and O–H groups in total. The molecule has 0 spiro atoms. The quantitative estimate of drug-likeness (QED) is 0.553. The third-order valence-corrected chi connectivity index (χ3v) is 1.84. The van der Waals surface area contributed by atoms with Crippen molar-refractivity contribution < 1.29 is 31.1 Å². The second-order valence-corrected chi connectivity index (χ2v) is 3.64. The normalized spacial score (nSPS) is 12.6. The highest BCUT2D eigenvalue weighted by molar-refractivity contribution is 5.77. The van der Waals surface area contributed by atoms with Crippen LogP contribution in [-0.4, -0.2) is 37.9 Å². The molecule has 0 unspecified atom stereocenters. The van der Waals surface area contributed by atoms with Crippen LogP contribution in [0.25, 0.3) is 0 Å². The van der Waals surface area contributed by atoms with E-state index in [1.54, 1.807) is 5.32 Å². The monoisotopic (exact) mass is 280 g/mol. The predicted molar refractivity (Wildman–Crippen MR) is 51.8 cm³/mol. The minimum atomic E-state index is -4.47. The fraction of sp³-hybridized carbons (Fsp3) is 0.889. The van der Waals surface area contributed by atoms with E-state index < -0.39 is 31.2 Å². The molecule has 0 atom stereocenters. The minimum Gasteiger partial charge on any atom is -0.346 e. The van der Waals surface area contributed by atoms with Gasteiger partial charge in [-0.05, 0) is 19.4 Å². The van der Waals surface area contributed by atoms with Crippen LogP contribution in [0.5, 0.6) is 0 Å². The third-order valence-electron chi connectivity index (χ3n) is 1.84. The fourth-order valence-corrected chi connectivity index (χ4v) is 1.04. The highest BCUT2D eigenvalue weighted by Gasteiger charge is 2.27. The smallest absolute Gasteiger partial charge is 0.346 e. The first-order chi connectivity index (χ1) is 8.10. The zero-order valence-electron chi connectivity index (χ0n) is 9.42. The van der Waals surface area contributed by atoms with E-state index in [0.29, 0.717) is 0 Å². The van der Waals surface area contributed by atoms with Gasteiger partial charge in [0, 0.05) is 6.42 Å². The number of hydrogen-bond acceptors (Lipinski definition) is 2. The number of amides is 1. The number of carbonyl (C=O) groups excluding carboxylic acids is 1. The van der Waals surface area contributed by atoms with Crippen LogP contribution in [0.2, 0.25) is 0 Å². The number of alkyl halides is 6. The Bertz CT molecular complexity index is 250. The summed E-state index contributed by atoms with van der Waals surface area (Å²) >= 11 is 0. The minimum absolute atomic E-state index is 0.0827. The molecule has 18 heavy (non-hydrogen) atoms. The molecule has 0 saturated carbocycles. The number of carbonyl (C=O) groups is 1. The summed E-state index contributed by atoms with van der Waals surface area (Å²) in [6.07, 6.45) is -9.46. The Morgan fingerprint density at radius 2 is 1.56 bits per heavy atom. The van der Waals surface area contributed by atoms with Crippen LogP contribution in [0.4, 0.5) is 26.3 Å². The standard InChI is InChI=1S/C9H14F6N2O/c10-8(11,12)3-1-2-4-16-5-7(18)17-6-9(13,14)15/h16H,1-6H2,(H,17,18). The Balaban J connectivity index is 3.42. The summed E-state index contributed by atoms with van der Waals surface area (Å²) in [5, 5.41) is 4.09. The van der Waals surface area contributed by atoms with Crippen molar-refractivity contribution in [2.24, 2.45) is 0 Å². The average molecular weight is 280 g/mol. The molecule has 0 heterocycles. The molecular formula is C9H14F6N2O. The van der Waals surface area contributed by atoms with Gasteiger partial charge in [0.05, 0.1) is 6.54 Å². The highest BCUT2D eigenvalue weighted by Crippen LogP contribution is 2.21. The van der Waals surface area contributed by atoms with Crippen LogP contribution < -0.4 is 10.6 Å². The first kappa shape index (κ1) is 17.0. The van der Waals surface area contributed by atoms with Crippen molar-refractivity contribution in [3.63, 3.8) is 0 Å². The summed E-state index contributed by atoms with van der Waals surface area (Å²) in [5.74, 6) is -0.844. The second kappa shape index (κ2) is 7.45. The maximum atomic E-state index is 11.7. The molecule has 0 aliphatic carbocycles. The number of halogens is 6. The van der Waals surface area contributed by atoms with Crippen LogP contribution in [0.15, 0.2) is 0 Å². The van der Waals surface area contributed by atoms with E-state index in [1.165, 1.54) is 0 Å². The molecule has 9 heteroatoms. The van der Waals surface area contributed by atoms with Gasteiger partial charge in [0.1, 0.15) is 6.54 Å². The highest BCUT2D eigenvalue weighted by atomic mass is 19.4. The Morgan fingerprint density at radius 3 is 2.06 bits per heavy atom. The fourth-order valence-electron chi connectivity index (χ4n) is 1.04. The van der Waals surface area contributed by atoms with E-state index in [9.17, 15) is 31.1 Å². The zero-order chi connectivity index (χ0) is 14.2. The largest absolute Gasteiger partial charge is 0.405 e. The molecule has 0 aromatic carbocycles. The van der Waals surface area contributed by atoms with Crippen LogP contribution in [0.3, 0.4) is 0 Å². The molecule has 0 aliphatic heterocycles. The van der Waals surface area contributed by atoms with E-state index in [1.807, 2.05) is 0 Å². The van der Waals surface area contributed by atoms with Crippen molar-refractivity contribution in [1.82, 2.24) is 10.6 Å². The maximum absolute atomic E-state index is 11.7. The van der Waals surface area contributed by atoms with Gasteiger partial charge in [-0.15, -0.1) is 0 Å². The van der Waals surface area contributed by atoms with Gasteiger partial charge in [-0.25, -0.2) is 0 Å². The lowest BCUT2D eigenvalue weighted by molar-refractivity contribution is -0.137. The van der Waals surface area contributed by atoms with Gasteiger partial charge in [0.15, 0.2) is 0 Å². The average Bonchev–Trinajstić information content (AvgIpc) is 2.17. The molecule has 0 aromatic rings. The third kappa shape index (κ3) is 13.1. The summed E-state index contributed by atoms with van der Waals surface area (Å²) < 4.78 is 70.2. The van der Waals surface area contributed by atoms with Crippen molar-refractivity contribution in [3.8, 4) is 0 Å². The van der Waals surface area contributed by atoms with Crippen LogP contribution in [0.1, 0.15) is 19.3 Å². The Labute approximate surface area is 99.9 Å². The molecule has 0 aliphatic rings. The SMILES string of the molecule is O=C(CNCCCCC(F)(F)F)NCC(F)(F)F. The molecule has 0 saturated heterocycles. The van der Waals surface area contributed by atoms with E-state index in [-0.39, 0.29) is 25.9 Å². The maximum Gasteiger partial charge on any atom is 0.405 e. The molecule has 0 aromatic heterocycles.